The monoisotopic (exact) mass is 263 g/mol. The third kappa shape index (κ3) is 3.26. The van der Waals surface area contributed by atoms with Crippen LogP contribution in [0.1, 0.15) is 56.7 Å². The van der Waals surface area contributed by atoms with Gasteiger partial charge < -0.3 is 10.2 Å². The molecule has 2 fully saturated rings. The molecule has 0 atom stereocenters. The zero-order chi connectivity index (χ0) is 12.9. The van der Waals surface area contributed by atoms with Gasteiger partial charge in [0.05, 0.1) is 0 Å². The highest BCUT2D eigenvalue weighted by Gasteiger charge is 2.20. The molecule has 1 saturated heterocycles. The van der Waals surface area contributed by atoms with Crippen LogP contribution in [-0.2, 0) is 0 Å². The van der Waals surface area contributed by atoms with E-state index in [1.807, 2.05) is 0 Å². The SMILES string of the molecule is C1CCCC(c2nc(N3CCNCC3)n[nH]2)CCC1. The average molecular weight is 263 g/mol. The minimum Gasteiger partial charge on any atom is -0.337 e. The molecule has 1 aromatic heterocycles. The predicted octanol–water partition coefficient (Wildman–Crippen LogP) is 2.04. The number of hydrogen-bond donors (Lipinski definition) is 2. The Labute approximate surface area is 115 Å². The highest BCUT2D eigenvalue weighted by Crippen LogP contribution is 2.29. The Morgan fingerprint density at radius 1 is 0.947 bits per heavy atom. The first kappa shape index (κ1) is 12.9. The lowest BCUT2D eigenvalue weighted by molar-refractivity contribution is 0.443. The minimum atomic E-state index is 0.601. The highest BCUT2D eigenvalue weighted by molar-refractivity contribution is 5.30. The van der Waals surface area contributed by atoms with Gasteiger partial charge in [0.2, 0.25) is 5.95 Å². The molecule has 2 heterocycles. The lowest BCUT2D eigenvalue weighted by Gasteiger charge is -2.25. The summed E-state index contributed by atoms with van der Waals surface area (Å²) in [5.74, 6) is 2.62. The summed E-state index contributed by atoms with van der Waals surface area (Å²) in [6.45, 7) is 4.10. The number of nitrogens with one attached hydrogen (secondary N) is 2. The van der Waals surface area contributed by atoms with Gasteiger partial charge >= 0.3 is 0 Å². The number of aromatic nitrogens is 3. The van der Waals surface area contributed by atoms with Crippen molar-refractivity contribution < 1.29 is 0 Å². The molecule has 0 radical (unpaired) electrons. The van der Waals surface area contributed by atoms with E-state index in [2.05, 4.69) is 20.4 Å². The first-order valence-corrected chi connectivity index (χ1v) is 7.81. The van der Waals surface area contributed by atoms with Crippen molar-refractivity contribution in [2.24, 2.45) is 0 Å². The van der Waals surface area contributed by atoms with E-state index in [0.29, 0.717) is 5.92 Å². The molecular weight excluding hydrogens is 238 g/mol. The molecule has 2 N–H and O–H groups in total. The summed E-state index contributed by atoms with van der Waals surface area (Å²) >= 11 is 0. The van der Waals surface area contributed by atoms with E-state index in [9.17, 15) is 0 Å². The van der Waals surface area contributed by atoms with Gasteiger partial charge in [-0.1, -0.05) is 32.1 Å². The Morgan fingerprint density at radius 3 is 2.37 bits per heavy atom. The van der Waals surface area contributed by atoms with Crippen LogP contribution >= 0.6 is 0 Å². The molecule has 106 valence electrons. The molecule has 0 spiro atoms. The molecule has 1 aliphatic heterocycles. The van der Waals surface area contributed by atoms with Crippen molar-refractivity contribution in [2.45, 2.75) is 50.9 Å². The molecule has 0 aromatic carbocycles. The van der Waals surface area contributed by atoms with Gasteiger partial charge in [-0.15, -0.1) is 5.10 Å². The second-order valence-corrected chi connectivity index (χ2v) is 5.80. The first-order valence-electron chi connectivity index (χ1n) is 7.81. The van der Waals surface area contributed by atoms with Crippen molar-refractivity contribution >= 4 is 5.95 Å². The number of aromatic amines is 1. The predicted molar refractivity (Wildman–Crippen MR) is 76.5 cm³/mol. The Hall–Kier alpha value is -1.10. The van der Waals surface area contributed by atoms with Gasteiger partial charge in [-0.25, -0.2) is 0 Å². The molecule has 0 amide bonds. The average Bonchev–Trinajstić information content (AvgIpc) is 2.89. The number of anilines is 1. The van der Waals surface area contributed by atoms with Crippen molar-refractivity contribution in [3.05, 3.63) is 5.82 Å². The number of piperazine rings is 1. The Morgan fingerprint density at radius 2 is 1.63 bits per heavy atom. The molecule has 0 unspecified atom stereocenters. The van der Waals surface area contributed by atoms with Crippen LogP contribution < -0.4 is 10.2 Å². The van der Waals surface area contributed by atoms with Gasteiger partial charge in [0.15, 0.2) is 0 Å². The normalized spacial score (nSPS) is 23.1. The fraction of sp³-hybridized carbons (Fsp3) is 0.857. The largest absolute Gasteiger partial charge is 0.337 e. The number of nitrogens with zero attached hydrogens (tertiary/aromatic N) is 3. The summed E-state index contributed by atoms with van der Waals surface area (Å²) in [6, 6.07) is 0. The summed E-state index contributed by atoms with van der Waals surface area (Å²) in [5.41, 5.74) is 0. The maximum atomic E-state index is 4.76. The molecule has 2 aliphatic rings. The zero-order valence-electron chi connectivity index (χ0n) is 11.7. The van der Waals surface area contributed by atoms with Crippen LogP contribution in [0.15, 0.2) is 0 Å². The van der Waals surface area contributed by atoms with Gasteiger partial charge in [0.25, 0.3) is 0 Å². The Bertz CT molecular complexity index is 375. The first-order chi connectivity index (χ1) is 9.43. The van der Waals surface area contributed by atoms with Crippen molar-refractivity contribution in [3.8, 4) is 0 Å². The van der Waals surface area contributed by atoms with Gasteiger partial charge in [-0.2, -0.15) is 4.98 Å². The van der Waals surface area contributed by atoms with Crippen molar-refractivity contribution in [2.75, 3.05) is 31.1 Å². The number of rotatable bonds is 2. The quantitative estimate of drug-likeness (QED) is 0.857. The van der Waals surface area contributed by atoms with Gasteiger partial charge in [0, 0.05) is 32.1 Å². The van der Waals surface area contributed by atoms with E-state index in [1.54, 1.807) is 0 Å². The molecule has 3 rings (SSSR count). The van der Waals surface area contributed by atoms with E-state index in [1.165, 1.54) is 44.9 Å². The smallest absolute Gasteiger partial charge is 0.244 e. The lowest BCUT2D eigenvalue weighted by atomic mass is 9.91. The minimum absolute atomic E-state index is 0.601. The molecule has 5 nitrogen and oxygen atoms in total. The summed E-state index contributed by atoms with van der Waals surface area (Å²) < 4.78 is 0. The Balaban J connectivity index is 1.65. The van der Waals surface area contributed by atoms with E-state index >= 15 is 0 Å². The van der Waals surface area contributed by atoms with Crippen LogP contribution in [0.25, 0.3) is 0 Å². The van der Waals surface area contributed by atoms with E-state index in [-0.39, 0.29) is 0 Å². The lowest BCUT2D eigenvalue weighted by Crippen LogP contribution is -2.44. The van der Waals surface area contributed by atoms with Crippen LogP contribution in [0.2, 0.25) is 0 Å². The van der Waals surface area contributed by atoms with Gasteiger partial charge in [-0.05, 0) is 12.8 Å². The molecule has 5 heteroatoms. The molecule has 0 bridgehead atoms. The molecule has 19 heavy (non-hydrogen) atoms. The number of H-pyrrole nitrogens is 1. The summed E-state index contributed by atoms with van der Waals surface area (Å²) in [6.07, 6.45) is 9.41. The van der Waals surface area contributed by atoms with Crippen molar-refractivity contribution in [1.82, 2.24) is 20.5 Å². The van der Waals surface area contributed by atoms with Crippen molar-refractivity contribution in [1.29, 1.82) is 0 Å². The van der Waals surface area contributed by atoms with Gasteiger partial charge in [0.1, 0.15) is 5.82 Å². The molecule has 1 aromatic rings. The zero-order valence-corrected chi connectivity index (χ0v) is 11.7. The summed E-state index contributed by atoms with van der Waals surface area (Å²) in [4.78, 5) is 7.04. The van der Waals surface area contributed by atoms with E-state index in [0.717, 1.165) is 38.0 Å². The fourth-order valence-corrected chi connectivity index (χ4v) is 3.18. The third-order valence-corrected chi connectivity index (χ3v) is 4.38. The van der Waals surface area contributed by atoms with Crippen LogP contribution in [0, 0.1) is 0 Å². The number of hydrogen-bond acceptors (Lipinski definition) is 4. The van der Waals surface area contributed by atoms with Crippen LogP contribution in [-0.4, -0.2) is 41.4 Å². The summed E-state index contributed by atoms with van der Waals surface area (Å²) in [7, 11) is 0. The fourth-order valence-electron chi connectivity index (χ4n) is 3.18. The van der Waals surface area contributed by atoms with Crippen LogP contribution in [0.5, 0.6) is 0 Å². The molecule has 1 saturated carbocycles. The van der Waals surface area contributed by atoms with Crippen LogP contribution in [0.3, 0.4) is 0 Å². The summed E-state index contributed by atoms with van der Waals surface area (Å²) in [5, 5.41) is 11.0. The van der Waals surface area contributed by atoms with E-state index < -0.39 is 0 Å². The maximum absolute atomic E-state index is 4.76. The second-order valence-electron chi connectivity index (χ2n) is 5.80. The second kappa shape index (κ2) is 6.37. The molecule has 1 aliphatic carbocycles. The topological polar surface area (TPSA) is 56.8 Å². The van der Waals surface area contributed by atoms with Crippen LogP contribution in [0.4, 0.5) is 5.95 Å². The third-order valence-electron chi connectivity index (χ3n) is 4.38. The van der Waals surface area contributed by atoms with Crippen molar-refractivity contribution in [3.63, 3.8) is 0 Å². The maximum Gasteiger partial charge on any atom is 0.244 e. The Kier molecular flexibility index (Phi) is 4.33. The van der Waals surface area contributed by atoms with Gasteiger partial charge in [-0.3, -0.25) is 5.10 Å². The highest BCUT2D eigenvalue weighted by atomic mass is 15.4. The van der Waals surface area contributed by atoms with E-state index in [4.69, 9.17) is 4.98 Å². The standard InChI is InChI=1S/C14H25N5/c1-2-4-6-12(7-5-3-1)13-16-14(18-17-13)19-10-8-15-9-11-19/h12,15H,1-11H2,(H,16,17,18). The molecular formula is C14H25N5.